The van der Waals surface area contributed by atoms with E-state index in [2.05, 4.69) is 4.98 Å². The number of thiazole rings is 1. The molecule has 0 saturated carbocycles. The van der Waals surface area contributed by atoms with Gasteiger partial charge in [0.1, 0.15) is 5.75 Å². The molecule has 0 fully saturated rings. The molecule has 0 amide bonds. The van der Waals surface area contributed by atoms with Crippen molar-refractivity contribution < 1.29 is 9.84 Å². The van der Waals surface area contributed by atoms with E-state index in [4.69, 9.17) is 10.5 Å². The molecule has 4 nitrogen and oxygen atoms in total. The van der Waals surface area contributed by atoms with Crippen LogP contribution in [0.15, 0.2) is 29.6 Å². The Kier molecular flexibility index (Phi) is 4.30. The first-order chi connectivity index (χ1) is 8.74. The van der Waals surface area contributed by atoms with Crippen LogP contribution < -0.4 is 10.5 Å². The molecule has 1 aromatic carbocycles. The molecule has 1 unspecified atom stereocenters. The summed E-state index contributed by atoms with van der Waals surface area (Å²) in [4.78, 5) is 4.50. The van der Waals surface area contributed by atoms with E-state index in [0.29, 0.717) is 6.42 Å². The number of rotatable bonds is 5. The van der Waals surface area contributed by atoms with Gasteiger partial charge in [0, 0.05) is 23.9 Å². The number of nitrogens with zero attached hydrogens (tertiary/aromatic N) is 1. The van der Waals surface area contributed by atoms with Crippen LogP contribution in [0.2, 0.25) is 0 Å². The van der Waals surface area contributed by atoms with Crippen molar-refractivity contribution in [2.24, 2.45) is 5.73 Å². The fourth-order valence-corrected chi connectivity index (χ4v) is 2.54. The van der Waals surface area contributed by atoms with Crippen molar-refractivity contribution in [2.75, 3.05) is 13.7 Å². The topological polar surface area (TPSA) is 68.4 Å². The Morgan fingerprint density at radius 2 is 2.22 bits per heavy atom. The largest absolute Gasteiger partial charge is 0.496 e. The zero-order chi connectivity index (χ0) is 13.0. The summed E-state index contributed by atoms with van der Waals surface area (Å²) in [7, 11) is 1.64. The summed E-state index contributed by atoms with van der Waals surface area (Å²) in [5, 5.41) is 12.4. The third-order valence-electron chi connectivity index (χ3n) is 2.62. The van der Waals surface area contributed by atoms with Crippen LogP contribution in [0.5, 0.6) is 5.75 Å². The van der Waals surface area contributed by atoms with Gasteiger partial charge in [-0.2, -0.15) is 0 Å². The Morgan fingerprint density at radius 1 is 1.44 bits per heavy atom. The lowest BCUT2D eigenvalue weighted by molar-refractivity contribution is 0.183. The van der Waals surface area contributed by atoms with Gasteiger partial charge in [-0.1, -0.05) is 12.1 Å². The zero-order valence-electron chi connectivity index (χ0n) is 10.2. The van der Waals surface area contributed by atoms with Gasteiger partial charge < -0.3 is 15.6 Å². The van der Waals surface area contributed by atoms with Crippen molar-refractivity contribution in [1.29, 1.82) is 0 Å². The maximum absolute atomic E-state index is 9.51. The predicted molar refractivity (Wildman–Crippen MR) is 72.9 cm³/mol. The molecule has 0 aliphatic heterocycles. The summed E-state index contributed by atoms with van der Waals surface area (Å²) in [5.41, 5.74) is 7.22. The zero-order valence-corrected chi connectivity index (χ0v) is 11.0. The molecular formula is C13H16N2O2S. The van der Waals surface area contributed by atoms with Crippen molar-refractivity contribution in [3.05, 3.63) is 34.7 Å². The second-order valence-electron chi connectivity index (χ2n) is 3.92. The Bertz CT molecular complexity index is 513. The lowest BCUT2D eigenvalue weighted by Gasteiger charge is -2.05. The molecule has 0 radical (unpaired) electrons. The lowest BCUT2D eigenvalue weighted by atomic mass is 10.1. The fourth-order valence-electron chi connectivity index (χ4n) is 1.67. The molecule has 0 aliphatic carbocycles. The molecular weight excluding hydrogens is 248 g/mol. The average molecular weight is 264 g/mol. The molecule has 0 saturated heterocycles. The number of methoxy groups -OCH3 is 1. The van der Waals surface area contributed by atoms with Crippen LogP contribution in [0.4, 0.5) is 0 Å². The molecule has 0 aliphatic rings. The van der Waals surface area contributed by atoms with Crippen LogP contribution in [0.1, 0.15) is 5.01 Å². The highest BCUT2D eigenvalue weighted by Gasteiger charge is 2.11. The molecule has 3 N–H and O–H groups in total. The molecule has 1 atom stereocenters. The third-order valence-corrected chi connectivity index (χ3v) is 3.49. The minimum atomic E-state index is -0.526. The molecule has 1 heterocycles. The van der Waals surface area contributed by atoms with E-state index in [-0.39, 0.29) is 6.54 Å². The Balaban J connectivity index is 2.24. The van der Waals surface area contributed by atoms with Gasteiger partial charge in [0.15, 0.2) is 0 Å². The number of hydrogen-bond acceptors (Lipinski definition) is 5. The highest BCUT2D eigenvalue weighted by molar-refractivity contribution is 7.09. The minimum absolute atomic E-state index is 0.254. The van der Waals surface area contributed by atoms with E-state index in [1.54, 1.807) is 7.11 Å². The van der Waals surface area contributed by atoms with Crippen LogP contribution in [-0.2, 0) is 6.42 Å². The van der Waals surface area contributed by atoms with E-state index in [1.807, 2.05) is 29.6 Å². The number of para-hydroxylation sites is 1. The minimum Gasteiger partial charge on any atom is -0.496 e. The first-order valence-electron chi connectivity index (χ1n) is 5.70. The summed E-state index contributed by atoms with van der Waals surface area (Å²) in [6.45, 7) is 0.254. The van der Waals surface area contributed by atoms with E-state index >= 15 is 0 Å². The van der Waals surface area contributed by atoms with Crippen molar-refractivity contribution >= 4 is 11.3 Å². The summed E-state index contributed by atoms with van der Waals surface area (Å²) in [6, 6.07) is 7.75. The molecule has 5 heteroatoms. The fraction of sp³-hybridized carbons (Fsp3) is 0.308. The quantitative estimate of drug-likeness (QED) is 0.862. The number of nitrogens with two attached hydrogens (primary N) is 1. The SMILES string of the molecule is COc1ccccc1-c1csc(CC(O)CN)n1. The second-order valence-corrected chi connectivity index (χ2v) is 4.86. The average Bonchev–Trinajstić information content (AvgIpc) is 2.86. The highest BCUT2D eigenvalue weighted by atomic mass is 32.1. The van der Waals surface area contributed by atoms with Gasteiger partial charge in [-0.15, -0.1) is 11.3 Å². The van der Waals surface area contributed by atoms with Crippen molar-refractivity contribution in [3.63, 3.8) is 0 Å². The molecule has 0 spiro atoms. The smallest absolute Gasteiger partial charge is 0.128 e. The molecule has 96 valence electrons. The maximum Gasteiger partial charge on any atom is 0.128 e. The van der Waals surface area contributed by atoms with Gasteiger partial charge in [0.05, 0.1) is 23.9 Å². The third kappa shape index (κ3) is 2.87. The molecule has 1 aromatic heterocycles. The van der Waals surface area contributed by atoms with Crippen molar-refractivity contribution in [2.45, 2.75) is 12.5 Å². The number of aromatic nitrogens is 1. The number of aliphatic hydroxyl groups excluding tert-OH is 1. The van der Waals surface area contributed by atoms with E-state index < -0.39 is 6.10 Å². The first kappa shape index (κ1) is 13.0. The Hall–Kier alpha value is -1.43. The van der Waals surface area contributed by atoms with Crippen LogP contribution in [0.25, 0.3) is 11.3 Å². The van der Waals surface area contributed by atoms with Crippen molar-refractivity contribution in [3.8, 4) is 17.0 Å². The van der Waals surface area contributed by atoms with Gasteiger partial charge in [0.25, 0.3) is 0 Å². The van der Waals surface area contributed by atoms with Gasteiger partial charge >= 0.3 is 0 Å². The van der Waals surface area contributed by atoms with Crippen molar-refractivity contribution in [1.82, 2.24) is 4.98 Å². The molecule has 0 bridgehead atoms. The van der Waals surface area contributed by atoms with E-state index in [0.717, 1.165) is 22.0 Å². The summed E-state index contributed by atoms with van der Waals surface area (Å²) in [5.74, 6) is 0.800. The van der Waals surface area contributed by atoms with E-state index in [9.17, 15) is 5.11 Å². The number of hydrogen-bond donors (Lipinski definition) is 2. The summed E-state index contributed by atoms with van der Waals surface area (Å²) < 4.78 is 5.31. The Morgan fingerprint density at radius 3 is 2.94 bits per heavy atom. The summed E-state index contributed by atoms with van der Waals surface area (Å²) >= 11 is 1.53. The van der Waals surface area contributed by atoms with Crippen LogP contribution in [0.3, 0.4) is 0 Å². The van der Waals surface area contributed by atoms with Crippen LogP contribution in [-0.4, -0.2) is 29.8 Å². The first-order valence-corrected chi connectivity index (χ1v) is 6.58. The number of ether oxygens (including phenoxy) is 1. The normalized spacial score (nSPS) is 12.4. The maximum atomic E-state index is 9.51. The molecule has 18 heavy (non-hydrogen) atoms. The standard InChI is InChI=1S/C13H16N2O2S/c1-17-12-5-3-2-4-10(12)11-8-18-13(15-11)6-9(16)7-14/h2-5,8-9,16H,6-7,14H2,1H3. The summed E-state index contributed by atoms with van der Waals surface area (Å²) in [6.07, 6.45) is -0.0299. The van der Waals surface area contributed by atoms with Gasteiger partial charge in [-0.3, -0.25) is 0 Å². The van der Waals surface area contributed by atoms with E-state index in [1.165, 1.54) is 11.3 Å². The highest BCUT2D eigenvalue weighted by Crippen LogP contribution is 2.30. The van der Waals surface area contributed by atoms with Crippen LogP contribution in [0, 0.1) is 0 Å². The lowest BCUT2D eigenvalue weighted by Crippen LogP contribution is -2.21. The monoisotopic (exact) mass is 264 g/mol. The van der Waals surface area contributed by atoms with Gasteiger partial charge in [-0.05, 0) is 12.1 Å². The molecule has 2 aromatic rings. The number of aliphatic hydroxyl groups is 1. The predicted octanol–water partition coefficient (Wildman–Crippen LogP) is 1.68. The second kappa shape index (κ2) is 5.95. The Labute approximate surface area is 110 Å². The number of benzene rings is 1. The van der Waals surface area contributed by atoms with Gasteiger partial charge in [-0.25, -0.2) is 4.98 Å². The van der Waals surface area contributed by atoms with Gasteiger partial charge in [0.2, 0.25) is 0 Å². The van der Waals surface area contributed by atoms with Crippen LogP contribution >= 0.6 is 11.3 Å². The molecule has 2 rings (SSSR count).